The molecule has 0 amide bonds. The number of aliphatic imine (C=N–C) groups is 1. The molecule has 0 bridgehead atoms. The molecule has 1 fully saturated rings. The first-order chi connectivity index (χ1) is 13.9. The zero-order valence-electron chi connectivity index (χ0n) is 17.9. The van der Waals surface area contributed by atoms with Crippen LogP contribution in [0.2, 0.25) is 0 Å². The number of thioether (sulfide) groups is 1. The Labute approximate surface area is 178 Å². The Morgan fingerprint density at radius 2 is 1.93 bits per heavy atom. The minimum Gasteiger partial charge on any atom is -0.460 e. The molecule has 4 rings (SSSR count). The van der Waals surface area contributed by atoms with Gasteiger partial charge in [0.25, 0.3) is 0 Å². The number of rotatable bonds is 4. The zero-order valence-corrected chi connectivity index (χ0v) is 18.7. The van der Waals surface area contributed by atoms with Crippen molar-refractivity contribution in [1.82, 2.24) is 0 Å². The van der Waals surface area contributed by atoms with Gasteiger partial charge in [0.2, 0.25) is 0 Å². The van der Waals surface area contributed by atoms with Crippen LogP contribution < -0.4 is 0 Å². The van der Waals surface area contributed by atoms with E-state index >= 15 is 0 Å². The van der Waals surface area contributed by atoms with Crippen molar-refractivity contribution in [2.24, 2.45) is 22.7 Å². The lowest BCUT2D eigenvalue weighted by atomic mass is 9.75. The molecule has 0 aromatic heterocycles. The summed E-state index contributed by atoms with van der Waals surface area (Å²) < 4.78 is 6.12. The molecular formula is C25H31NO2S. The highest BCUT2D eigenvalue weighted by molar-refractivity contribution is 8.14. The third kappa shape index (κ3) is 4.23. The Morgan fingerprint density at radius 3 is 2.69 bits per heavy atom. The molecule has 0 spiro atoms. The average Bonchev–Trinajstić information content (AvgIpc) is 3.11. The van der Waals surface area contributed by atoms with Gasteiger partial charge in [-0.3, -0.25) is 4.99 Å². The number of hydrogen-bond acceptors (Lipinski definition) is 4. The first-order valence-electron chi connectivity index (χ1n) is 10.8. The number of fused-ring (bicyclic) bond motifs is 1. The highest BCUT2D eigenvalue weighted by Crippen LogP contribution is 2.38. The van der Waals surface area contributed by atoms with E-state index in [1.807, 2.05) is 19.1 Å². The molecule has 2 aromatic carbocycles. The summed E-state index contributed by atoms with van der Waals surface area (Å²) in [6, 6.07) is 14.7. The lowest BCUT2D eigenvalue weighted by molar-refractivity contribution is -0.160. The number of hydrogen-bond donors (Lipinski definition) is 0. The molecule has 0 radical (unpaired) electrons. The molecule has 3 nitrogen and oxygen atoms in total. The standard InChI is InChI=1S/C25H31NO2S/c1-16(2)21-12-9-17(3)13-22(21)28-24(27)25(4)15-29-23(26-25)20-11-10-18-7-5-6-8-19(18)14-20/h5-8,10-11,14,16-17,21-22H,9,12-13,15H2,1-4H3/t17-,21+,22-,25?/m1/s1. The number of ether oxygens (including phenoxy) is 1. The van der Waals surface area contributed by atoms with E-state index in [2.05, 4.69) is 51.1 Å². The largest absolute Gasteiger partial charge is 0.460 e. The Bertz CT molecular complexity index is 937. The van der Waals surface area contributed by atoms with Gasteiger partial charge in [0.05, 0.1) is 5.04 Å². The van der Waals surface area contributed by atoms with Crippen LogP contribution in [0.3, 0.4) is 0 Å². The van der Waals surface area contributed by atoms with Crippen LogP contribution in [0.1, 0.15) is 52.5 Å². The van der Waals surface area contributed by atoms with Crippen LogP contribution in [0.25, 0.3) is 10.8 Å². The molecule has 1 heterocycles. The Balaban J connectivity index is 1.53. The van der Waals surface area contributed by atoms with Gasteiger partial charge in [-0.05, 0) is 54.4 Å². The van der Waals surface area contributed by atoms with Crippen molar-refractivity contribution >= 4 is 33.5 Å². The summed E-state index contributed by atoms with van der Waals surface area (Å²) in [5.41, 5.74) is 0.282. The predicted octanol–water partition coefficient (Wildman–Crippen LogP) is 6.10. The van der Waals surface area contributed by atoms with Crippen LogP contribution in [-0.4, -0.2) is 28.4 Å². The third-order valence-corrected chi connectivity index (χ3v) is 7.80. The van der Waals surface area contributed by atoms with Gasteiger partial charge in [-0.15, -0.1) is 11.8 Å². The Morgan fingerprint density at radius 1 is 1.17 bits per heavy atom. The molecule has 1 unspecified atom stereocenters. The second-order valence-corrected chi connectivity index (χ2v) is 10.3. The first kappa shape index (κ1) is 20.5. The highest BCUT2D eigenvalue weighted by atomic mass is 32.2. The average molecular weight is 410 g/mol. The number of nitrogens with zero attached hydrogens (tertiary/aromatic N) is 1. The van der Waals surface area contributed by atoms with Crippen LogP contribution in [0.5, 0.6) is 0 Å². The normalized spacial score (nSPS) is 29.8. The van der Waals surface area contributed by atoms with Crippen molar-refractivity contribution in [3.05, 3.63) is 48.0 Å². The van der Waals surface area contributed by atoms with E-state index in [0.717, 1.165) is 23.4 Å². The fraction of sp³-hybridized carbons (Fsp3) is 0.520. The maximum absolute atomic E-state index is 13.2. The van der Waals surface area contributed by atoms with E-state index in [4.69, 9.17) is 9.73 Å². The van der Waals surface area contributed by atoms with Crippen molar-refractivity contribution in [3.8, 4) is 0 Å². The van der Waals surface area contributed by atoms with Gasteiger partial charge in [0, 0.05) is 11.3 Å². The predicted molar refractivity (Wildman–Crippen MR) is 123 cm³/mol. The van der Waals surface area contributed by atoms with Gasteiger partial charge in [-0.1, -0.05) is 63.6 Å². The van der Waals surface area contributed by atoms with Gasteiger partial charge in [0.15, 0.2) is 5.54 Å². The Hall–Kier alpha value is -1.81. The molecule has 2 aromatic rings. The van der Waals surface area contributed by atoms with Crippen LogP contribution in [0, 0.1) is 17.8 Å². The maximum atomic E-state index is 13.2. The van der Waals surface area contributed by atoms with E-state index in [9.17, 15) is 4.79 Å². The second-order valence-electron chi connectivity index (χ2n) is 9.31. The van der Waals surface area contributed by atoms with E-state index in [1.165, 1.54) is 17.2 Å². The molecule has 154 valence electrons. The molecule has 0 saturated heterocycles. The lowest BCUT2D eigenvalue weighted by Gasteiger charge is -2.37. The van der Waals surface area contributed by atoms with E-state index in [0.29, 0.717) is 23.5 Å². The molecule has 1 aliphatic heterocycles. The Kier molecular flexibility index (Phi) is 5.74. The number of carbonyl (C=O) groups excluding carboxylic acids is 1. The maximum Gasteiger partial charge on any atom is 0.334 e. The van der Waals surface area contributed by atoms with Crippen molar-refractivity contribution in [2.45, 2.75) is 58.6 Å². The SMILES string of the molecule is CC(C)[C@@H]1CC[C@@H](C)C[C@H]1OC(=O)C1(C)CSC(c2ccc3ccccc3c2)=N1. The van der Waals surface area contributed by atoms with Gasteiger partial charge >= 0.3 is 5.97 Å². The van der Waals surface area contributed by atoms with Crippen LogP contribution in [-0.2, 0) is 9.53 Å². The monoisotopic (exact) mass is 409 g/mol. The summed E-state index contributed by atoms with van der Waals surface area (Å²) >= 11 is 1.66. The topological polar surface area (TPSA) is 38.7 Å². The second kappa shape index (κ2) is 8.14. The number of benzene rings is 2. The van der Waals surface area contributed by atoms with Crippen LogP contribution >= 0.6 is 11.8 Å². The van der Waals surface area contributed by atoms with Crippen LogP contribution in [0.15, 0.2) is 47.5 Å². The molecule has 29 heavy (non-hydrogen) atoms. The highest BCUT2D eigenvalue weighted by Gasteiger charge is 2.43. The molecule has 4 atom stereocenters. The molecule has 4 heteroatoms. The molecular weight excluding hydrogens is 378 g/mol. The summed E-state index contributed by atoms with van der Waals surface area (Å²) in [7, 11) is 0. The van der Waals surface area contributed by atoms with Gasteiger partial charge in [-0.2, -0.15) is 0 Å². The first-order valence-corrected chi connectivity index (χ1v) is 11.8. The van der Waals surface area contributed by atoms with Crippen LogP contribution in [0.4, 0.5) is 0 Å². The van der Waals surface area contributed by atoms with Crippen molar-refractivity contribution in [3.63, 3.8) is 0 Å². The summed E-state index contributed by atoms with van der Waals surface area (Å²) in [5, 5.41) is 3.35. The smallest absolute Gasteiger partial charge is 0.334 e. The van der Waals surface area contributed by atoms with E-state index in [-0.39, 0.29) is 12.1 Å². The summed E-state index contributed by atoms with van der Waals surface area (Å²) in [4.78, 5) is 18.0. The minimum absolute atomic E-state index is 0.0213. The molecule has 0 N–H and O–H groups in total. The summed E-state index contributed by atoms with van der Waals surface area (Å²) in [6.45, 7) is 8.67. The minimum atomic E-state index is -0.798. The number of carbonyl (C=O) groups is 1. The van der Waals surface area contributed by atoms with E-state index < -0.39 is 5.54 Å². The summed E-state index contributed by atoms with van der Waals surface area (Å²) in [6.07, 6.45) is 3.37. The zero-order chi connectivity index (χ0) is 20.6. The quantitative estimate of drug-likeness (QED) is 0.573. The molecule has 1 aliphatic carbocycles. The number of esters is 1. The molecule has 2 aliphatic rings. The van der Waals surface area contributed by atoms with E-state index in [1.54, 1.807) is 11.8 Å². The van der Waals surface area contributed by atoms with Crippen molar-refractivity contribution < 1.29 is 9.53 Å². The summed E-state index contributed by atoms with van der Waals surface area (Å²) in [5.74, 6) is 2.08. The van der Waals surface area contributed by atoms with Gasteiger partial charge < -0.3 is 4.74 Å². The van der Waals surface area contributed by atoms with Crippen molar-refractivity contribution in [1.29, 1.82) is 0 Å². The van der Waals surface area contributed by atoms with Gasteiger partial charge in [-0.25, -0.2) is 4.79 Å². The molecule has 1 saturated carbocycles. The van der Waals surface area contributed by atoms with Gasteiger partial charge in [0.1, 0.15) is 6.10 Å². The third-order valence-electron chi connectivity index (χ3n) is 6.49. The fourth-order valence-corrected chi connectivity index (χ4v) is 5.75. The lowest BCUT2D eigenvalue weighted by Crippen LogP contribution is -2.42. The fourth-order valence-electron chi connectivity index (χ4n) is 4.59. The van der Waals surface area contributed by atoms with Crippen molar-refractivity contribution in [2.75, 3.05) is 5.75 Å².